The van der Waals surface area contributed by atoms with E-state index in [1.165, 1.54) is 18.9 Å². The molecule has 0 fully saturated rings. The summed E-state index contributed by atoms with van der Waals surface area (Å²) in [6.07, 6.45) is 3.14. The predicted octanol–water partition coefficient (Wildman–Crippen LogP) is 1.59. The topological polar surface area (TPSA) is 53.4 Å². The van der Waals surface area contributed by atoms with Gasteiger partial charge < -0.3 is 9.47 Å². The van der Waals surface area contributed by atoms with Crippen molar-refractivity contribution in [2.24, 2.45) is 0 Å². The third-order valence-corrected chi connectivity index (χ3v) is 2.31. The Hall–Kier alpha value is -2.30. The first-order valence-corrected chi connectivity index (χ1v) is 5.02. The van der Waals surface area contributed by atoms with Crippen LogP contribution in [0, 0.1) is 0 Å². The van der Waals surface area contributed by atoms with Crippen molar-refractivity contribution in [2.75, 3.05) is 14.2 Å². The average Bonchev–Trinajstić information content (AvgIpc) is 2.91. The monoisotopic (exact) mass is 232 g/mol. The van der Waals surface area contributed by atoms with Gasteiger partial charge in [-0.05, 0) is 18.2 Å². The van der Waals surface area contributed by atoms with Gasteiger partial charge in [-0.1, -0.05) is 0 Å². The van der Waals surface area contributed by atoms with Gasteiger partial charge in [-0.2, -0.15) is 5.10 Å². The first kappa shape index (κ1) is 11.2. The van der Waals surface area contributed by atoms with E-state index in [-0.39, 0.29) is 5.91 Å². The second-order valence-corrected chi connectivity index (χ2v) is 3.36. The Bertz CT molecular complexity index is 498. The lowest BCUT2D eigenvalue weighted by Crippen LogP contribution is -2.12. The van der Waals surface area contributed by atoms with Gasteiger partial charge in [0.15, 0.2) is 0 Å². The largest absolute Gasteiger partial charge is 0.497 e. The number of hydrogen-bond acceptors (Lipinski definition) is 4. The van der Waals surface area contributed by atoms with Gasteiger partial charge in [0.25, 0.3) is 5.91 Å². The highest BCUT2D eigenvalue weighted by atomic mass is 16.5. The Morgan fingerprint density at radius 2 is 1.82 bits per heavy atom. The molecular weight excluding hydrogens is 220 g/mol. The highest BCUT2D eigenvalue weighted by Gasteiger charge is 2.11. The second kappa shape index (κ2) is 4.69. The summed E-state index contributed by atoms with van der Waals surface area (Å²) in [5.74, 6) is 0.909. The van der Waals surface area contributed by atoms with E-state index >= 15 is 0 Å². The van der Waals surface area contributed by atoms with Crippen LogP contribution in [-0.4, -0.2) is 29.9 Å². The molecule has 0 aliphatic rings. The molecule has 0 aliphatic carbocycles. The van der Waals surface area contributed by atoms with Crippen LogP contribution < -0.4 is 9.47 Å². The summed E-state index contributed by atoms with van der Waals surface area (Å²) >= 11 is 0. The van der Waals surface area contributed by atoms with E-state index < -0.39 is 0 Å². The Balaban J connectivity index is 2.41. The summed E-state index contributed by atoms with van der Waals surface area (Å²) < 4.78 is 11.5. The lowest BCUT2D eigenvalue weighted by Gasteiger charge is -2.07. The van der Waals surface area contributed by atoms with Crippen molar-refractivity contribution in [3.63, 3.8) is 0 Å². The summed E-state index contributed by atoms with van der Waals surface area (Å²) in [5.41, 5.74) is 0.463. The summed E-state index contributed by atoms with van der Waals surface area (Å²) in [7, 11) is 3.08. The van der Waals surface area contributed by atoms with E-state index in [1.54, 1.807) is 36.7 Å². The van der Waals surface area contributed by atoms with Crippen LogP contribution in [0.1, 0.15) is 10.4 Å². The summed E-state index contributed by atoms with van der Waals surface area (Å²) in [6, 6.07) is 6.69. The highest BCUT2D eigenvalue weighted by Crippen LogP contribution is 2.22. The number of carbonyl (C=O) groups is 1. The van der Waals surface area contributed by atoms with Gasteiger partial charge in [0.1, 0.15) is 11.5 Å². The quantitative estimate of drug-likeness (QED) is 0.806. The first-order chi connectivity index (χ1) is 8.24. The van der Waals surface area contributed by atoms with Crippen LogP contribution in [-0.2, 0) is 0 Å². The highest BCUT2D eigenvalue weighted by molar-refractivity contribution is 5.96. The van der Waals surface area contributed by atoms with Crippen molar-refractivity contribution in [1.29, 1.82) is 0 Å². The number of aromatic nitrogens is 2. The van der Waals surface area contributed by atoms with Crippen molar-refractivity contribution < 1.29 is 14.3 Å². The van der Waals surface area contributed by atoms with Gasteiger partial charge >= 0.3 is 0 Å². The summed E-state index contributed by atoms with van der Waals surface area (Å²) in [6.45, 7) is 0. The van der Waals surface area contributed by atoms with E-state index in [9.17, 15) is 4.79 Å². The Morgan fingerprint density at radius 1 is 1.18 bits per heavy atom. The predicted molar refractivity (Wildman–Crippen MR) is 61.5 cm³/mol. The van der Waals surface area contributed by atoms with E-state index in [0.29, 0.717) is 17.1 Å². The van der Waals surface area contributed by atoms with Crippen LogP contribution in [0.3, 0.4) is 0 Å². The van der Waals surface area contributed by atoms with Crippen molar-refractivity contribution in [3.8, 4) is 11.5 Å². The molecule has 0 saturated heterocycles. The number of benzene rings is 1. The van der Waals surface area contributed by atoms with Crippen LogP contribution >= 0.6 is 0 Å². The molecule has 88 valence electrons. The average molecular weight is 232 g/mol. The minimum absolute atomic E-state index is 0.229. The number of nitrogens with zero attached hydrogens (tertiary/aromatic N) is 2. The number of carbonyl (C=O) groups excluding carboxylic acids is 1. The molecule has 2 aromatic rings. The Kier molecular flexibility index (Phi) is 3.09. The van der Waals surface area contributed by atoms with Crippen molar-refractivity contribution in [2.45, 2.75) is 0 Å². The molecule has 0 radical (unpaired) electrons. The van der Waals surface area contributed by atoms with Crippen molar-refractivity contribution in [3.05, 3.63) is 42.2 Å². The zero-order valence-corrected chi connectivity index (χ0v) is 9.58. The lowest BCUT2D eigenvalue weighted by atomic mass is 10.2. The fourth-order valence-electron chi connectivity index (χ4n) is 1.45. The molecule has 0 spiro atoms. The lowest BCUT2D eigenvalue weighted by molar-refractivity contribution is 0.0944. The van der Waals surface area contributed by atoms with Crippen LogP contribution in [0.15, 0.2) is 36.7 Å². The van der Waals surface area contributed by atoms with Gasteiger partial charge in [0, 0.05) is 24.0 Å². The fourth-order valence-corrected chi connectivity index (χ4v) is 1.45. The molecule has 1 aromatic carbocycles. The minimum Gasteiger partial charge on any atom is -0.497 e. The molecule has 17 heavy (non-hydrogen) atoms. The molecule has 5 heteroatoms. The van der Waals surface area contributed by atoms with Crippen LogP contribution in [0.5, 0.6) is 11.5 Å². The molecule has 0 bridgehead atoms. The molecule has 0 atom stereocenters. The zero-order chi connectivity index (χ0) is 12.3. The smallest absolute Gasteiger partial charge is 0.278 e. The number of ether oxygens (including phenoxy) is 2. The van der Waals surface area contributed by atoms with E-state index in [1.807, 2.05) is 0 Å². The summed E-state index contributed by atoms with van der Waals surface area (Å²) in [5, 5.41) is 3.89. The molecule has 1 aromatic heterocycles. The molecule has 0 amide bonds. The maximum atomic E-state index is 12.0. The number of hydrogen-bond donors (Lipinski definition) is 0. The van der Waals surface area contributed by atoms with Crippen LogP contribution in [0.25, 0.3) is 0 Å². The molecular formula is C12H12N2O3. The van der Waals surface area contributed by atoms with Gasteiger partial charge in [-0.15, -0.1) is 0 Å². The third kappa shape index (κ3) is 2.28. The van der Waals surface area contributed by atoms with Gasteiger partial charge in [-0.25, -0.2) is 4.68 Å². The van der Waals surface area contributed by atoms with Gasteiger partial charge in [0.05, 0.1) is 14.2 Å². The Morgan fingerprint density at radius 3 is 2.29 bits per heavy atom. The van der Waals surface area contributed by atoms with Crippen molar-refractivity contribution >= 4 is 5.91 Å². The molecule has 0 unspecified atom stereocenters. The van der Waals surface area contributed by atoms with E-state index in [4.69, 9.17) is 9.47 Å². The maximum absolute atomic E-state index is 12.0. The minimum atomic E-state index is -0.229. The molecule has 2 rings (SSSR count). The molecule has 0 N–H and O–H groups in total. The third-order valence-electron chi connectivity index (χ3n) is 2.31. The van der Waals surface area contributed by atoms with Gasteiger partial charge in [-0.3, -0.25) is 4.79 Å². The fraction of sp³-hybridized carbons (Fsp3) is 0.167. The normalized spacial score (nSPS) is 10.0. The first-order valence-electron chi connectivity index (χ1n) is 5.02. The maximum Gasteiger partial charge on any atom is 0.278 e. The molecule has 0 saturated carbocycles. The van der Waals surface area contributed by atoms with Crippen LogP contribution in [0.4, 0.5) is 0 Å². The van der Waals surface area contributed by atoms with E-state index in [2.05, 4.69) is 5.10 Å². The molecule has 5 nitrogen and oxygen atoms in total. The van der Waals surface area contributed by atoms with Crippen molar-refractivity contribution in [1.82, 2.24) is 9.78 Å². The number of methoxy groups -OCH3 is 2. The molecule has 1 heterocycles. The second-order valence-electron chi connectivity index (χ2n) is 3.36. The van der Waals surface area contributed by atoms with E-state index in [0.717, 1.165) is 0 Å². The number of rotatable bonds is 3. The van der Waals surface area contributed by atoms with Gasteiger partial charge in [0.2, 0.25) is 0 Å². The standard InChI is InChI=1S/C12H12N2O3/c1-16-10-6-9(7-11(8-10)17-2)12(15)14-5-3-4-13-14/h3-8H,1-2H3. The SMILES string of the molecule is COc1cc(OC)cc(C(=O)n2cccn2)c1. The molecule has 0 aliphatic heterocycles. The van der Waals surface area contributed by atoms with Crippen LogP contribution in [0.2, 0.25) is 0 Å². The zero-order valence-electron chi connectivity index (χ0n) is 9.58. The summed E-state index contributed by atoms with van der Waals surface area (Å²) in [4.78, 5) is 12.0. The Labute approximate surface area is 98.6 Å².